The summed E-state index contributed by atoms with van der Waals surface area (Å²) in [7, 11) is 0. The normalized spacial score (nSPS) is 30.9. The molecule has 2 aliphatic rings. The maximum atomic E-state index is 11.8. The van der Waals surface area contributed by atoms with E-state index >= 15 is 0 Å². The lowest BCUT2D eigenvalue weighted by Crippen LogP contribution is -2.56. The highest BCUT2D eigenvalue weighted by molar-refractivity contribution is 6.04. The number of ether oxygens (including phenoxy) is 1. The molecule has 19 heavy (non-hydrogen) atoms. The molecule has 0 aliphatic carbocycles. The fourth-order valence-electron chi connectivity index (χ4n) is 1.95. The predicted molar refractivity (Wildman–Crippen MR) is 62.9 cm³/mol. The van der Waals surface area contributed by atoms with Gasteiger partial charge < -0.3 is 14.9 Å². The molecule has 1 fully saturated rings. The molecular formula is C10H16N4O5. The van der Waals surface area contributed by atoms with Gasteiger partial charge in [0.15, 0.2) is 0 Å². The molecule has 3 amide bonds. The number of nitrogens with zero attached hydrogens (tertiary/aromatic N) is 2. The second kappa shape index (κ2) is 5.51. The van der Waals surface area contributed by atoms with Crippen molar-refractivity contribution in [1.82, 2.24) is 15.5 Å². The number of aliphatic hydroxyl groups excluding tert-OH is 2. The van der Waals surface area contributed by atoms with Gasteiger partial charge in [0.2, 0.25) is 11.9 Å². The summed E-state index contributed by atoms with van der Waals surface area (Å²) in [6.07, 6.45) is -1.94. The van der Waals surface area contributed by atoms with Gasteiger partial charge in [-0.15, -0.1) is 0 Å². The van der Waals surface area contributed by atoms with E-state index in [4.69, 9.17) is 9.84 Å². The van der Waals surface area contributed by atoms with Crippen LogP contribution in [-0.2, 0) is 9.53 Å². The molecule has 3 atom stereocenters. The van der Waals surface area contributed by atoms with Gasteiger partial charge in [0.1, 0.15) is 19.0 Å². The number of guanidine groups is 1. The number of carbonyl (C=O) groups excluding carboxylic acids is 2. The molecule has 0 radical (unpaired) electrons. The van der Waals surface area contributed by atoms with Crippen LogP contribution < -0.4 is 10.6 Å². The molecule has 106 valence electrons. The Morgan fingerprint density at radius 2 is 2.42 bits per heavy atom. The first kappa shape index (κ1) is 13.7. The van der Waals surface area contributed by atoms with Crippen LogP contribution in [0.15, 0.2) is 4.99 Å². The lowest BCUT2D eigenvalue weighted by Gasteiger charge is -2.30. The SMILES string of the molecule is CC(=O)NC1=NCN(C2CC(O)C(CO)O2)C(=O)N1. The number of aliphatic imine (C=N–C) groups is 1. The quantitative estimate of drug-likeness (QED) is 0.460. The van der Waals surface area contributed by atoms with E-state index in [1.807, 2.05) is 0 Å². The van der Waals surface area contributed by atoms with E-state index in [9.17, 15) is 14.7 Å². The average Bonchev–Trinajstić information content (AvgIpc) is 2.69. The molecule has 2 heterocycles. The smallest absolute Gasteiger partial charge is 0.327 e. The Kier molecular flexibility index (Phi) is 3.98. The zero-order chi connectivity index (χ0) is 14.0. The van der Waals surface area contributed by atoms with Gasteiger partial charge in [0.05, 0.1) is 12.7 Å². The number of amides is 3. The topological polar surface area (TPSA) is 123 Å². The molecule has 9 heteroatoms. The van der Waals surface area contributed by atoms with Gasteiger partial charge in [-0.3, -0.25) is 20.3 Å². The van der Waals surface area contributed by atoms with Crippen molar-refractivity contribution in [3.05, 3.63) is 0 Å². The molecule has 9 nitrogen and oxygen atoms in total. The highest BCUT2D eigenvalue weighted by Gasteiger charge is 2.39. The molecule has 1 saturated heterocycles. The Hall–Kier alpha value is -1.71. The van der Waals surface area contributed by atoms with E-state index < -0.39 is 24.5 Å². The largest absolute Gasteiger partial charge is 0.394 e. The molecule has 0 aromatic rings. The van der Waals surface area contributed by atoms with Crippen molar-refractivity contribution in [2.45, 2.75) is 31.8 Å². The van der Waals surface area contributed by atoms with Crippen LogP contribution in [0.3, 0.4) is 0 Å². The summed E-state index contributed by atoms with van der Waals surface area (Å²) in [6, 6.07) is -0.477. The fourth-order valence-corrected chi connectivity index (χ4v) is 1.95. The molecule has 2 rings (SSSR count). The van der Waals surface area contributed by atoms with Crippen molar-refractivity contribution in [3.8, 4) is 0 Å². The Morgan fingerprint density at radius 3 is 2.95 bits per heavy atom. The van der Waals surface area contributed by atoms with Gasteiger partial charge in [0.25, 0.3) is 0 Å². The highest BCUT2D eigenvalue weighted by Crippen LogP contribution is 2.23. The molecule has 0 aromatic carbocycles. The second-order valence-corrected chi connectivity index (χ2v) is 4.34. The van der Waals surface area contributed by atoms with Crippen LogP contribution in [0.25, 0.3) is 0 Å². The van der Waals surface area contributed by atoms with E-state index in [0.29, 0.717) is 0 Å². The van der Waals surface area contributed by atoms with E-state index in [1.54, 1.807) is 0 Å². The molecule has 0 aromatic heterocycles. The Morgan fingerprint density at radius 1 is 1.68 bits per heavy atom. The third-order valence-corrected chi connectivity index (χ3v) is 2.89. The Balaban J connectivity index is 1.98. The van der Waals surface area contributed by atoms with Crippen molar-refractivity contribution in [2.24, 2.45) is 4.99 Å². The van der Waals surface area contributed by atoms with Gasteiger partial charge >= 0.3 is 6.03 Å². The van der Waals surface area contributed by atoms with Crippen molar-refractivity contribution < 1.29 is 24.5 Å². The minimum atomic E-state index is -0.816. The minimum Gasteiger partial charge on any atom is -0.394 e. The highest BCUT2D eigenvalue weighted by atomic mass is 16.5. The number of rotatable bonds is 2. The molecule has 3 unspecified atom stereocenters. The molecule has 2 aliphatic heterocycles. The summed E-state index contributed by atoms with van der Waals surface area (Å²) in [5.41, 5.74) is 0. The van der Waals surface area contributed by atoms with Crippen molar-refractivity contribution in [2.75, 3.05) is 13.3 Å². The first-order valence-corrected chi connectivity index (χ1v) is 5.85. The summed E-state index contributed by atoms with van der Waals surface area (Å²) in [5.74, 6) is -0.244. The zero-order valence-corrected chi connectivity index (χ0v) is 10.4. The number of nitrogens with one attached hydrogen (secondary N) is 2. The Labute approximate surface area is 109 Å². The number of urea groups is 1. The number of carbonyl (C=O) groups is 2. The van der Waals surface area contributed by atoms with E-state index in [-0.39, 0.29) is 31.6 Å². The monoisotopic (exact) mass is 272 g/mol. The minimum absolute atomic E-state index is 0.0109. The average molecular weight is 272 g/mol. The van der Waals surface area contributed by atoms with Crippen LogP contribution in [0.5, 0.6) is 0 Å². The molecule has 0 spiro atoms. The predicted octanol–water partition coefficient (Wildman–Crippen LogP) is -2.07. The van der Waals surface area contributed by atoms with Crippen LogP contribution in [-0.4, -0.2) is 64.7 Å². The summed E-state index contributed by atoms with van der Waals surface area (Å²) >= 11 is 0. The third-order valence-electron chi connectivity index (χ3n) is 2.89. The lowest BCUT2D eigenvalue weighted by molar-refractivity contribution is -0.117. The summed E-state index contributed by atoms with van der Waals surface area (Å²) in [4.78, 5) is 27.9. The first-order chi connectivity index (χ1) is 9.01. The van der Waals surface area contributed by atoms with E-state index in [0.717, 1.165) is 0 Å². The number of hydrogen-bond donors (Lipinski definition) is 4. The lowest BCUT2D eigenvalue weighted by atomic mass is 10.2. The van der Waals surface area contributed by atoms with Gasteiger partial charge in [-0.1, -0.05) is 0 Å². The van der Waals surface area contributed by atoms with E-state index in [1.165, 1.54) is 11.8 Å². The second-order valence-electron chi connectivity index (χ2n) is 4.34. The van der Waals surface area contributed by atoms with Crippen LogP contribution in [0.4, 0.5) is 4.79 Å². The van der Waals surface area contributed by atoms with Crippen LogP contribution in [0.1, 0.15) is 13.3 Å². The number of hydrogen-bond acceptors (Lipinski definition) is 6. The third kappa shape index (κ3) is 3.00. The van der Waals surface area contributed by atoms with Crippen LogP contribution in [0, 0.1) is 0 Å². The van der Waals surface area contributed by atoms with Gasteiger partial charge in [-0.25, -0.2) is 9.79 Å². The maximum absolute atomic E-state index is 11.8. The molecule has 0 saturated carbocycles. The van der Waals surface area contributed by atoms with E-state index in [2.05, 4.69) is 15.6 Å². The Bertz CT molecular complexity index is 413. The summed E-state index contributed by atoms with van der Waals surface area (Å²) < 4.78 is 5.36. The first-order valence-electron chi connectivity index (χ1n) is 5.85. The molecular weight excluding hydrogens is 256 g/mol. The molecule has 0 bridgehead atoms. The van der Waals surface area contributed by atoms with Crippen LogP contribution in [0.2, 0.25) is 0 Å². The molecule has 4 N–H and O–H groups in total. The zero-order valence-electron chi connectivity index (χ0n) is 10.4. The number of aliphatic hydroxyl groups is 2. The standard InChI is InChI=1S/C10H16N4O5/c1-5(16)12-9-11-4-14(10(18)13-9)8-2-6(17)7(3-15)19-8/h6-8,15,17H,2-4H2,1H3,(H2,11,12,13,16,18). The van der Waals surface area contributed by atoms with Gasteiger partial charge in [0, 0.05) is 13.3 Å². The fraction of sp³-hybridized carbons (Fsp3) is 0.700. The van der Waals surface area contributed by atoms with Gasteiger partial charge in [-0.05, 0) is 0 Å². The summed E-state index contributed by atoms with van der Waals surface area (Å²) in [5, 5.41) is 23.4. The van der Waals surface area contributed by atoms with Crippen molar-refractivity contribution in [3.63, 3.8) is 0 Å². The summed E-state index contributed by atoms with van der Waals surface area (Å²) in [6.45, 7) is 1.01. The van der Waals surface area contributed by atoms with Gasteiger partial charge in [-0.2, -0.15) is 0 Å². The van der Waals surface area contributed by atoms with Crippen LogP contribution >= 0.6 is 0 Å². The van der Waals surface area contributed by atoms with Crippen molar-refractivity contribution >= 4 is 17.9 Å². The maximum Gasteiger partial charge on any atom is 0.327 e. The van der Waals surface area contributed by atoms with Crippen molar-refractivity contribution in [1.29, 1.82) is 0 Å².